The summed E-state index contributed by atoms with van der Waals surface area (Å²) in [7, 11) is 0. The van der Waals surface area contributed by atoms with Crippen molar-refractivity contribution >= 4 is 29.1 Å². The molecule has 4 rings (SSSR count). The number of Topliss-reactive ketones (excluding diaryl/α,β-unsaturated/α-hetero) is 1. The summed E-state index contributed by atoms with van der Waals surface area (Å²) in [4.78, 5) is 36.3. The lowest BCUT2D eigenvalue weighted by Crippen LogP contribution is -2.67. The van der Waals surface area contributed by atoms with Gasteiger partial charge in [0, 0.05) is 17.8 Å². The fourth-order valence-corrected chi connectivity index (χ4v) is 8.58. The average Bonchev–Trinajstić information content (AvgIpc) is 3.05. The number of unbranched alkanes of at least 4 members (excludes halogenated alkanes) is 2. The van der Waals surface area contributed by atoms with Crippen molar-refractivity contribution < 1.29 is 28.6 Å². The summed E-state index contributed by atoms with van der Waals surface area (Å²) in [6.45, 7) is 7.63. The molecule has 0 saturated heterocycles. The number of fused-ring (bicyclic) bond motifs is 5. The predicted octanol–water partition coefficient (Wildman–Crippen LogP) is 5.13. The molecular formula is C28H38ClFO5. The number of aliphatic hydroxyl groups is 1. The van der Waals surface area contributed by atoms with Gasteiger partial charge in [-0.15, -0.1) is 11.6 Å². The number of ketones is 2. The zero-order valence-electron chi connectivity index (χ0n) is 21.2. The van der Waals surface area contributed by atoms with E-state index in [0.29, 0.717) is 24.8 Å². The van der Waals surface area contributed by atoms with Crippen LogP contribution in [0.3, 0.4) is 0 Å². The van der Waals surface area contributed by atoms with E-state index in [1.165, 1.54) is 12.2 Å². The summed E-state index contributed by atoms with van der Waals surface area (Å²) in [6, 6.07) is 0. The van der Waals surface area contributed by atoms with Gasteiger partial charge in [-0.3, -0.25) is 14.4 Å². The van der Waals surface area contributed by atoms with Gasteiger partial charge in [0.15, 0.2) is 11.6 Å². The van der Waals surface area contributed by atoms with Gasteiger partial charge in [0.25, 0.3) is 0 Å². The molecule has 0 aromatic rings. The van der Waals surface area contributed by atoms with E-state index in [1.807, 2.05) is 20.8 Å². The van der Waals surface area contributed by atoms with Crippen molar-refractivity contribution in [3.63, 3.8) is 0 Å². The van der Waals surface area contributed by atoms with Crippen molar-refractivity contribution in [2.24, 2.45) is 34.5 Å². The highest BCUT2D eigenvalue weighted by atomic mass is 35.5. The van der Waals surface area contributed by atoms with Crippen molar-refractivity contribution in [1.82, 2.24) is 0 Å². The summed E-state index contributed by atoms with van der Waals surface area (Å²) in [5, 5.41) is 11.6. The first-order chi connectivity index (χ1) is 16.4. The van der Waals surface area contributed by atoms with Crippen LogP contribution in [0.5, 0.6) is 0 Å². The molecule has 0 radical (unpaired) electrons. The third-order valence-corrected chi connectivity index (χ3v) is 10.6. The van der Waals surface area contributed by atoms with Crippen molar-refractivity contribution in [2.75, 3.05) is 6.61 Å². The van der Waals surface area contributed by atoms with E-state index in [4.69, 9.17) is 16.3 Å². The van der Waals surface area contributed by atoms with Crippen molar-refractivity contribution in [3.8, 4) is 0 Å². The maximum atomic E-state index is 15.6. The number of allylic oxidation sites excluding steroid dienone is 4. The van der Waals surface area contributed by atoms with Crippen molar-refractivity contribution in [2.45, 2.75) is 89.8 Å². The average molecular weight is 509 g/mol. The van der Waals surface area contributed by atoms with E-state index in [2.05, 4.69) is 6.92 Å². The fraction of sp³-hybridized carbons (Fsp3) is 0.750. The molecule has 3 saturated carbocycles. The number of rotatable bonds is 7. The zero-order valence-corrected chi connectivity index (χ0v) is 21.9. The van der Waals surface area contributed by atoms with E-state index in [1.54, 1.807) is 6.08 Å². The molecule has 0 aliphatic heterocycles. The minimum Gasteiger partial charge on any atom is -0.458 e. The summed E-state index contributed by atoms with van der Waals surface area (Å²) in [6.07, 6.45) is 6.18. The number of esters is 1. The Balaban J connectivity index is 1.59. The molecule has 3 fully saturated rings. The van der Waals surface area contributed by atoms with Gasteiger partial charge in [-0.2, -0.15) is 0 Å². The second kappa shape index (κ2) is 9.41. The first-order valence-corrected chi connectivity index (χ1v) is 13.4. The second-order valence-electron chi connectivity index (χ2n) is 11.7. The third-order valence-electron chi connectivity index (χ3n) is 9.68. The molecule has 0 amide bonds. The molecule has 4 aliphatic rings. The van der Waals surface area contributed by atoms with E-state index >= 15 is 4.39 Å². The monoisotopic (exact) mass is 508 g/mol. The van der Waals surface area contributed by atoms with Crippen LogP contribution in [0.15, 0.2) is 23.8 Å². The number of aliphatic hydroxyl groups excluding tert-OH is 1. The Morgan fingerprint density at radius 2 is 1.94 bits per heavy atom. The Morgan fingerprint density at radius 1 is 1.23 bits per heavy atom. The van der Waals surface area contributed by atoms with Crippen LogP contribution in [0.1, 0.15) is 72.6 Å². The smallest absolute Gasteiger partial charge is 0.306 e. The van der Waals surface area contributed by atoms with Crippen LogP contribution in [0.4, 0.5) is 4.39 Å². The minimum absolute atomic E-state index is 0.00575. The molecule has 1 unspecified atom stereocenters. The molecule has 35 heavy (non-hydrogen) atoms. The van der Waals surface area contributed by atoms with E-state index < -0.39 is 33.9 Å². The quantitative estimate of drug-likeness (QED) is 0.293. The Bertz CT molecular complexity index is 961. The lowest BCUT2D eigenvalue weighted by molar-refractivity contribution is -0.153. The largest absolute Gasteiger partial charge is 0.458 e. The maximum absolute atomic E-state index is 15.6. The molecule has 0 aromatic heterocycles. The Kier molecular flexibility index (Phi) is 7.13. The first-order valence-electron chi connectivity index (χ1n) is 13.0. The van der Waals surface area contributed by atoms with Crippen LogP contribution >= 0.6 is 11.6 Å². The van der Waals surface area contributed by atoms with Crippen molar-refractivity contribution in [3.05, 3.63) is 23.8 Å². The molecule has 1 N–H and O–H groups in total. The lowest BCUT2D eigenvalue weighted by atomic mass is 9.46. The van der Waals surface area contributed by atoms with E-state index in [-0.39, 0.29) is 48.3 Å². The normalized spacial score (nSPS) is 44.2. The van der Waals surface area contributed by atoms with Gasteiger partial charge >= 0.3 is 5.97 Å². The number of hydrogen-bond donors (Lipinski definition) is 1. The van der Waals surface area contributed by atoms with Crippen LogP contribution in [0, 0.1) is 34.5 Å². The molecule has 0 spiro atoms. The van der Waals surface area contributed by atoms with Gasteiger partial charge in [-0.25, -0.2) is 4.39 Å². The van der Waals surface area contributed by atoms with E-state index in [9.17, 15) is 19.5 Å². The Hall–Kier alpha value is -1.53. The molecular weight excluding hydrogens is 471 g/mol. The molecule has 7 heteroatoms. The van der Waals surface area contributed by atoms with E-state index in [0.717, 1.165) is 19.3 Å². The number of ether oxygens (including phenoxy) is 1. The van der Waals surface area contributed by atoms with Crippen molar-refractivity contribution in [1.29, 1.82) is 0 Å². The molecule has 4 aliphatic carbocycles. The topological polar surface area (TPSA) is 80.7 Å². The molecule has 0 heterocycles. The summed E-state index contributed by atoms with van der Waals surface area (Å²) in [5.74, 6) is -1.62. The number of hydrogen-bond acceptors (Lipinski definition) is 5. The van der Waals surface area contributed by atoms with Gasteiger partial charge in [-0.05, 0) is 66.6 Å². The number of halogens is 2. The first kappa shape index (κ1) is 26.5. The SMILES string of the molecule is CCCCCC(=O)OCC(=O)[C@H]1[C@H](C)C[C@H]2[C@@H]3C[C@H](F)C4=CC(=O)C=C[C@]4(C)C3(Cl)[C@@H](O)C[C@@]21C. The van der Waals surface area contributed by atoms with Gasteiger partial charge in [-0.1, -0.05) is 46.6 Å². The minimum atomic E-state index is -1.34. The van der Waals surface area contributed by atoms with Crippen LogP contribution in [0.25, 0.3) is 0 Å². The van der Waals surface area contributed by atoms with Gasteiger partial charge < -0.3 is 9.84 Å². The van der Waals surface area contributed by atoms with Gasteiger partial charge in [0.1, 0.15) is 12.8 Å². The predicted molar refractivity (Wildman–Crippen MR) is 132 cm³/mol. The molecule has 194 valence electrons. The Morgan fingerprint density at radius 3 is 2.63 bits per heavy atom. The second-order valence-corrected chi connectivity index (χ2v) is 12.3. The third kappa shape index (κ3) is 4.03. The highest BCUT2D eigenvalue weighted by Crippen LogP contribution is 2.70. The highest BCUT2D eigenvalue weighted by Gasteiger charge is 2.71. The summed E-state index contributed by atoms with van der Waals surface area (Å²) >= 11 is 7.35. The summed E-state index contributed by atoms with van der Waals surface area (Å²) < 4.78 is 20.9. The van der Waals surface area contributed by atoms with Crippen LogP contribution in [0.2, 0.25) is 0 Å². The van der Waals surface area contributed by atoms with Gasteiger partial charge in [0.2, 0.25) is 0 Å². The van der Waals surface area contributed by atoms with Crippen LogP contribution in [-0.4, -0.2) is 46.4 Å². The molecule has 5 nitrogen and oxygen atoms in total. The number of alkyl halides is 2. The molecule has 9 atom stereocenters. The number of carbonyl (C=O) groups excluding carboxylic acids is 3. The maximum Gasteiger partial charge on any atom is 0.306 e. The fourth-order valence-electron chi connectivity index (χ4n) is 8.09. The summed E-state index contributed by atoms with van der Waals surface area (Å²) in [5.41, 5.74) is -1.24. The Labute approximate surface area is 212 Å². The standard InChI is InChI=1S/C28H38ClFO5/c1-5-6-7-8-24(34)35-15-22(32)25-16(2)11-18-19-13-21(30)20-12-17(31)9-10-27(20,4)28(19,29)23(33)14-26(18,25)3/h9-10,12,16,18-19,21,23,25,33H,5-8,11,13-15H2,1-4H3/t16-,18+,19+,21+,23+,25-,26+,27+,28?/m1/s1. The number of carbonyl (C=O) groups is 3. The lowest BCUT2D eigenvalue weighted by Gasteiger charge is -2.63. The molecule has 0 aromatic carbocycles. The van der Waals surface area contributed by atoms with Crippen LogP contribution < -0.4 is 0 Å². The zero-order chi connectivity index (χ0) is 25.8. The highest BCUT2D eigenvalue weighted by molar-refractivity contribution is 6.26. The van der Waals surface area contributed by atoms with Gasteiger partial charge in [0.05, 0.1) is 11.0 Å². The van der Waals surface area contributed by atoms with Crippen LogP contribution in [-0.2, 0) is 19.1 Å². The molecule has 0 bridgehead atoms.